The molecule has 92 valence electrons. The lowest BCUT2D eigenvalue weighted by Crippen LogP contribution is -2.47. The quantitative estimate of drug-likeness (QED) is 0.840. The Morgan fingerprint density at radius 2 is 2.18 bits per heavy atom. The van der Waals surface area contributed by atoms with Crippen molar-refractivity contribution in [3.05, 3.63) is 35.9 Å². The van der Waals surface area contributed by atoms with Crippen molar-refractivity contribution in [2.75, 3.05) is 13.1 Å². The summed E-state index contributed by atoms with van der Waals surface area (Å²) in [5.41, 5.74) is 1.04. The van der Waals surface area contributed by atoms with Crippen molar-refractivity contribution in [1.29, 1.82) is 0 Å². The van der Waals surface area contributed by atoms with Gasteiger partial charge in [0.15, 0.2) is 0 Å². The molecule has 1 aromatic rings. The highest BCUT2D eigenvalue weighted by molar-refractivity contribution is 5.65. The summed E-state index contributed by atoms with van der Waals surface area (Å²) >= 11 is 0. The summed E-state index contributed by atoms with van der Waals surface area (Å²) in [4.78, 5) is 12.8. The van der Waals surface area contributed by atoms with Gasteiger partial charge in [-0.2, -0.15) is 0 Å². The number of nitrogens with one attached hydrogen (secondary N) is 1. The lowest BCUT2D eigenvalue weighted by molar-refractivity contribution is 0.111. The molecule has 1 aromatic carbocycles. The van der Waals surface area contributed by atoms with Gasteiger partial charge in [0.1, 0.15) is 0 Å². The van der Waals surface area contributed by atoms with E-state index in [1.54, 1.807) is 4.90 Å². The maximum Gasteiger partial charge on any atom is 0.407 e. The topological polar surface area (TPSA) is 52.6 Å². The highest BCUT2D eigenvalue weighted by atomic mass is 16.4. The first-order chi connectivity index (χ1) is 8.27. The summed E-state index contributed by atoms with van der Waals surface area (Å²) in [5, 5.41) is 12.5. The molecule has 0 aromatic heterocycles. The third-order valence-electron chi connectivity index (χ3n) is 3.15. The lowest BCUT2D eigenvalue weighted by Gasteiger charge is -2.32. The first kappa shape index (κ1) is 11.9. The number of carbonyl (C=O) groups is 1. The molecule has 17 heavy (non-hydrogen) atoms. The second kappa shape index (κ2) is 5.68. The van der Waals surface area contributed by atoms with Gasteiger partial charge in [-0.1, -0.05) is 30.3 Å². The maximum atomic E-state index is 11.3. The van der Waals surface area contributed by atoms with Crippen LogP contribution in [0.2, 0.25) is 0 Å². The van der Waals surface area contributed by atoms with Crippen LogP contribution in [0.15, 0.2) is 30.3 Å². The van der Waals surface area contributed by atoms with Crippen LogP contribution >= 0.6 is 0 Å². The Labute approximate surface area is 101 Å². The molecule has 1 amide bonds. The summed E-state index contributed by atoms with van der Waals surface area (Å²) in [6.45, 7) is 2.23. The van der Waals surface area contributed by atoms with Crippen molar-refractivity contribution >= 4 is 6.09 Å². The molecular formula is C13H18N2O2. The van der Waals surface area contributed by atoms with Gasteiger partial charge in [0, 0.05) is 19.1 Å². The highest BCUT2D eigenvalue weighted by Gasteiger charge is 2.24. The van der Waals surface area contributed by atoms with Crippen molar-refractivity contribution in [2.24, 2.45) is 0 Å². The van der Waals surface area contributed by atoms with Crippen LogP contribution in [0.25, 0.3) is 0 Å². The number of carboxylic acid groups (broad SMARTS) is 1. The SMILES string of the molecule is O=C(O)N(Cc1ccccc1)[C@@H]1CCCNC1. The second-order valence-corrected chi connectivity index (χ2v) is 4.40. The minimum absolute atomic E-state index is 0.0986. The Balaban J connectivity index is 2.04. The fourth-order valence-corrected chi connectivity index (χ4v) is 2.23. The second-order valence-electron chi connectivity index (χ2n) is 4.40. The van der Waals surface area contributed by atoms with E-state index in [1.165, 1.54) is 0 Å². The Hall–Kier alpha value is -1.55. The molecule has 0 aliphatic carbocycles. The molecule has 1 aliphatic rings. The van der Waals surface area contributed by atoms with Crippen LogP contribution in [0.5, 0.6) is 0 Å². The summed E-state index contributed by atoms with van der Waals surface area (Å²) in [6.07, 6.45) is 1.16. The van der Waals surface area contributed by atoms with Gasteiger partial charge in [0.25, 0.3) is 0 Å². The number of hydrogen-bond donors (Lipinski definition) is 2. The molecule has 1 saturated heterocycles. The smallest absolute Gasteiger partial charge is 0.407 e. The van der Waals surface area contributed by atoms with E-state index < -0.39 is 6.09 Å². The van der Waals surface area contributed by atoms with E-state index in [9.17, 15) is 9.90 Å². The highest BCUT2D eigenvalue weighted by Crippen LogP contribution is 2.14. The molecule has 0 bridgehead atoms. The summed E-state index contributed by atoms with van der Waals surface area (Å²) in [6, 6.07) is 9.85. The predicted octanol–water partition coefficient (Wildman–Crippen LogP) is 1.92. The summed E-state index contributed by atoms with van der Waals surface area (Å²) in [7, 11) is 0. The number of rotatable bonds is 3. The average molecular weight is 234 g/mol. The van der Waals surface area contributed by atoms with E-state index in [0.29, 0.717) is 6.54 Å². The molecule has 2 rings (SSSR count). The number of piperidine rings is 1. The van der Waals surface area contributed by atoms with E-state index in [1.807, 2.05) is 30.3 Å². The average Bonchev–Trinajstić information content (AvgIpc) is 2.38. The van der Waals surface area contributed by atoms with Crippen molar-refractivity contribution in [1.82, 2.24) is 10.2 Å². The maximum absolute atomic E-state index is 11.3. The largest absolute Gasteiger partial charge is 0.465 e. The van der Waals surface area contributed by atoms with Crippen LogP contribution in [0.4, 0.5) is 4.79 Å². The van der Waals surface area contributed by atoms with Crippen LogP contribution in [-0.2, 0) is 6.54 Å². The zero-order valence-corrected chi connectivity index (χ0v) is 9.80. The number of benzene rings is 1. The van der Waals surface area contributed by atoms with E-state index in [0.717, 1.165) is 31.5 Å². The standard InChI is InChI=1S/C13H18N2O2/c16-13(17)15(12-7-4-8-14-9-12)10-11-5-2-1-3-6-11/h1-3,5-6,12,14H,4,7-10H2,(H,16,17)/t12-/m1/s1. The van der Waals surface area contributed by atoms with Crippen molar-refractivity contribution in [2.45, 2.75) is 25.4 Å². The molecule has 1 heterocycles. The summed E-state index contributed by atoms with van der Waals surface area (Å²) in [5.74, 6) is 0. The Kier molecular flexibility index (Phi) is 3.98. The molecule has 4 nitrogen and oxygen atoms in total. The zero-order chi connectivity index (χ0) is 12.1. The van der Waals surface area contributed by atoms with Crippen molar-refractivity contribution < 1.29 is 9.90 Å². The van der Waals surface area contributed by atoms with E-state index in [2.05, 4.69) is 5.32 Å². The van der Waals surface area contributed by atoms with Crippen LogP contribution in [0.1, 0.15) is 18.4 Å². The van der Waals surface area contributed by atoms with Crippen molar-refractivity contribution in [3.63, 3.8) is 0 Å². The van der Waals surface area contributed by atoms with Gasteiger partial charge in [-0.25, -0.2) is 4.79 Å². The first-order valence-corrected chi connectivity index (χ1v) is 6.01. The van der Waals surface area contributed by atoms with Crippen LogP contribution in [0, 0.1) is 0 Å². The van der Waals surface area contributed by atoms with E-state index in [4.69, 9.17) is 0 Å². The Morgan fingerprint density at radius 3 is 2.76 bits per heavy atom. The normalized spacial score (nSPS) is 19.9. The fourth-order valence-electron chi connectivity index (χ4n) is 2.23. The summed E-state index contributed by atoms with van der Waals surface area (Å²) < 4.78 is 0. The molecule has 4 heteroatoms. The lowest BCUT2D eigenvalue weighted by atomic mass is 10.1. The molecule has 0 spiro atoms. The van der Waals surface area contributed by atoms with Gasteiger partial charge in [0.2, 0.25) is 0 Å². The van der Waals surface area contributed by atoms with Gasteiger partial charge in [0.05, 0.1) is 0 Å². The van der Waals surface area contributed by atoms with Gasteiger partial charge >= 0.3 is 6.09 Å². The third-order valence-corrected chi connectivity index (χ3v) is 3.15. The molecule has 1 aliphatic heterocycles. The van der Waals surface area contributed by atoms with Gasteiger partial charge in [-0.3, -0.25) is 4.90 Å². The Morgan fingerprint density at radius 1 is 1.41 bits per heavy atom. The third kappa shape index (κ3) is 3.20. The molecule has 0 unspecified atom stereocenters. The Bertz CT molecular complexity index is 361. The minimum Gasteiger partial charge on any atom is -0.465 e. The fraction of sp³-hybridized carbons (Fsp3) is 0.462. The van der Waals surface area contributed by atoms with Crippen LogP contribution in [-0.4, -0.2) is 35.2 Å². The van der Waals surface area contributed by atoms with Gasteiger partial charge < -0.3 is 10.4 Å². The molecule has 0 radical (unpaired) electrons. The predicted molar refractivity (Wildman–Crippen MR) is 65.9 cm³/mol. The number of nitrogens with zero attached hydrogens (tertiary/aromatic N) is 1. The minimum atomic E-state index is -0.831. The number of amides is 1. The molecule has 1 atom stereocenters. The number of hydrogen-bond acceptors (Lipinski definition) is 2. The van der Waals surface area contributed by atoms with Crippen LogP contribution in [0.3, 0.4) is 0 Å². The van der Waals surface area contributed by atoms with E-state index >= 15 is 0 Å². The van der Waals surface area contributed by atoms with Gasteiger partial charge in [-0.15, -0.1) is 0 Å². The zero-order valence-electron chi connectivity index (χ0n) is 9.80. The monoisotopic (exact) mass is 234 g/mol. The van der Waals surface area contributed by atoms with Gasteiger partial charge in [-0.05, 0) is 24.9 Å². The molecule has 1 fully saturated rings. The first-order valence-electron chi connectivity index (χ1n) is 6.01. The van der Waals surface area contributed by atoms with E-state index in [-0.39, 0.29) is 6.04 Å². The molecular weight excluding hydrogens is 216 g/mol. The molecule has 2 N–H and O–H groups in total. The van der Waals surface area contributed by atoms with Crippen LogP contribution < -0.4 is 5.32 Å². The van der Waals surface area contributed by atoms with Crippen molar-refractivity contribution in [3.8, 4) is 0 Å². The molecule has 0 saturated carbocycles.